The van der Waals surface area contributed by atoms with E-state index in [0.717, 1.165) is 22.3 Å². The monoisotopic (exact) mass is 573 g/mol. The lowest BCUT2D eigenvalue weighted by molar-refractivity contribution is 1.59. The van der Waals surface area contributed by atoms with Crippen LogP contribution in [0.25, 0.3) is 85.9 Å². The first-order valence-electron chi connectivity index (χ1n) is 19.4. The number of rotatable bonds is 3. The van der Waals surface area contributed by atoms with E-state index >= 15 is 0 Å². The minimum atomic E-state index is -0.595. The van der Waals surface area contributed by atoms with Gasteiger partial charge in [-0.3, -0.25) is 0 Å². The highest BCUT2D eigenvalue weighted by molar-refractivity contribution is 7.25. The maximum Gasteiger partial charge on any atom is 0.0636 e. The van der Waals surface area contributed by atoms with Crippen LogP contribution in [0.15, 0.2) is 157 Å². The molecule has 0 bridgehead atoms. The molecule has 9 aromatic rings. The van der Waals surface area contributed by atoms with Crippen molar-refractivity contribution in [1.82, 2.24) is 0 Å². The first kappa shape index (κ1) is 15.8. The predicted octanol–water partition coefficient (Wildman–Crippen LogP) is 12.5. The van der Waals surface area contributed by atoms with Gasteiger partial charge < -0.3 is 0 Å². The van der Waals surface area contributed by atoms with Crippen molar-refractivity contribution in [3.8, 4) is 33.4 Å². The number of hydrogen-bond donors (Lipinski definition) is 0. The fourth-order valence-corrected chi connectivity index (χ4v) is 7.14. The molecular weight excluding hydrogens is 537 g/mol. The van der Waals surface area contributed by atoms with Gasteiger partial charge in [-0.1, -0.05) is 133 Å². The summed E-state index contributed by atoms with van der Waals surface area (Å²) in [7, 11) is 0. The summed E-state index contributed by atoms with van der Waals surface area (Å²) in [6.45, 7) is 0. The topological polar surface area (TPSA) is 0 Å². The number of benzene rings is 8. The molecule has 0 atom stereocenters. The average Bonchev–Trinajstić information content (AvgIpc) is 3.58. The molecule has 0 aliphatic rings. The summed E-state index contributed by atoms with van der Waals surface area (Å²) in [5.74, 6) is 0. The molecule has 0 nitrogen and oxygen atoms in total. The highest BCUT2D eigenvalue weighted by Gasteiger charge is 2.12. The smallest absolute Gasteiger partial charge is 0.0636 e. The van der Waals surface area contributed by atoms with E-state index < -0.39 is 54.4 Å². The van der Waals surface area contributed by atoms with Gasteiger partial charge in [-0.2, -0.15) is 0 Å². The van der Waals surface area contributed by atoms with Crippen LogP contribution in [-0.4, -0.2) is 0 Å². The third-order valence-electron chi connectivity index (χ3n) is 8.02. The Morgan fingerprint density at radius 1 is 0.395 bits per heavy atom. The minimum absolute atomic E-state index is 0.0656. The Kier molecular flexibility index (Phi) is 3.56. The van der Waals surface area contributed by atoms with Gasteiger partial charge in [0.05, 0.1) is 15.1 Å². The second-order valence-electron chi connectivity index (χ2n) is 10.4. The van der Waals surface area contributed by atoms with E-state index in [0.29, 0.717) is 5.56 Å². The van der Waals surface area contributed by atoms with Crippen LogP contribution < -0.4 is 0 Å². The van der Waals surface area contributed by atoms with Crippen LogP contribution >= 0.6 is 11.3 Å². The van der Waals surface area contributed by atoms with E-state index in [1.807, 2.05) is 30.3 Å². The Morgan fingerprint density at radius 2 is 0.977 bits per heavy atom. The largest absolute Gasteiger partial charge is 0.135 e. The summed E-state index contributed by atoms with van der Waals surface area (Å²) >= 11 is 1.76. The molecule has 0 aliphatic heterocycles. The molecular formula is C42H26S. The van der Waals surface area contributed by atoms with Crippen molar-refractivity contribution in [3.05, 3.63) is 157 Å². The zero-order valence-corrected chi connectivity index (χ0v) is 23.4. The SMILES string of the molecule is [2H]c1c([2H])c([2H])c2c(c1[2H])c1c([2H])c([2H])c([2H])c([2H])c1c1c([2H])c(-c3cccc(-c4ccc(-c5cccc6sc7ccccc7c56)cc4)c3)c([2H])c([2H])c21. The van der Waals surface area contributed by atoms with Crippen molar-refractivity contribution in [2.75, 3.05) is 0 Å². The fourth-order valence-electron chi connectivity index (χ4n) is 6.01. The van der Waals surface area contributed by atoms with E-state index in [4.69, 9.17) is 11.0 Å². The van der Waals surface area contributed by atoms with Crippen molar-refractivity contribution < 1.29 is 15.1 Å². The maximum atomic E-state index is 9.54. The van der Waals surface area contributed by atoms with E-state index in [-0.39, 0.29) is 50.0 Å². The molecule has 0 aliphatic carbocycles. The van der Waals surface area contributed by atoms with E-state index in [1.165, 1.54) is 20.2 Å². The Bertz CT molecular complexity index is 3070. The van der Waals surface area contributed by atoms with Crippen LogP contribution in [0.2, 0.25) is 0 Å². The van der Waals surface area contributed by atoms with Gasteiger partial charge in [-0.05, 0) is 89.9 Å². The van der Waals surface area contributed by atoms with Gasteiger partial charge in [0.25, 0.3) is 0 Å². The highest BCUT2D eigenvalue weighted by atomic mass is 32.1. The van der Waals surface area contributed by atoms with Gasteiger partial charge in [0.1, 0.15) is 0 Å². The van der Waals surface area contributed by atoms with Crippen LogP contribution in [-0.2, 0) is 0 Å². The van der Waals surface area contributed by atoms with Gasteiger partial charge in [0, 0.05) is 20.2 Å². The molecule has 0 N–H and O–H groups in total. The third-order valence-corrected chi connectivity index (χ3v) is 9.16. The minimum Gasteiger partial charge on any atom is -0.135 e. The second-order valence-corrected chi connectivity index (χ2v) is 11.5. The molecule has 1 heteroatoms. The maximum absolute atomic E-state index is 9.54. The summed E-state index contributed by atoms with van der Waals surface area (Å²) in [6, 6.07) is 24.7. The molecule has 43 heavy (non-hydrogen) atoms. The first-order chi connectivity index (χ1) is 25.9. The number of fused-ring (bicyclic) bond motifs is 9. The molecule has 1 heterocycles. The molecule has 9 rings (SSSR count). The highest BCUT2D eigenvalue weighted by Crippen LogP contribution is 2.41. The predicted molar refractivity (Wildman–Crippen MR) is 188 cm³/mol. The summed E-state index contributed by atoms with van der Waals surface area (Å²) in [6.07, 6.45) is 0. The molecule has 0 radical (unpaired) electrons. The number of hydrogen-bond acceptors (Lipinski definition) is 1. The molecule has 200 valence electrons. The van der Waals surface area contributed by atoms with E-state index in [1.54, 1.807) is 23.5 Å². The van der Waals surface area contributed by atoms with Crippen LogP contribution in [0.1, 0.15) is 15.1 Å². The van der Waals surface area contributed by atoms with Gasteiger partial charge >= 0.3 is 0 Å². The molecule has 0 unspecified atom stereocenters. The molecule has 0 fully saturated rings. The van der Waals surface area contributed by atoms with Gasteiger partial charge in [-0.15, -0.1) is 11.3 Å². The zero-order chi connectivity index (χ0) is 37.9. The molecule has 0 amide bonds. The van der Waals surface area contributed by atoms with Crippen molar-refractivity contribution >= 4 is 63.8 Å². The molecule has 0 saturated heterocycles. The Labute approximate surface area is 269 Å². The quantitative estimate of drug-likeness (QED) is 0.184. The van der Waals surface area contributed by atoms with Crippen LogP contribution in [0, 0.1) is 0 Å². The van der Waals surface area contributed by atoms with Gasteiger partial charge in [-0.25, -0.2) is 0 Å². The number of thiophene rings is 1. The van der Waals surface area contributed by atoms with Crippen molar-refractivity contribution in [2.45, 2.75) is 0 Å². The lowest BCUT2D eigenvalue weighted by Crippen LogP contribution is -1.86. The van der Waals surface area contributed by atoms with Crippen molar-refractivity contribution in [2.24, 2.45) is 0 Å². The van der Waals surface area contributed by atoms with Crippen molar-refractivity contribution in [3.63, 3.8) is 0 Å². The average molecular weight is 574 g/mol. The van der Waals surface area contributed by atoms with Crippen LogP contribution in [0.3, 0.4) is 0 Å². The second kappa shape index (κ2) is 9.66. The summed E-state index contributed by atoms with van der Waals surface area (Å²) in [4.78, 5) is 0. The summed E-state index contributed by atoms with van der Waals surface area (Å²) in [5, 5.41) is 1.59. The molecule has 1 aromatic heterocycles. The van der Waals surface area contributed by atoms with E-state index in [2.05, 4.69) is 48.5 Å². The van der Waals surface area contributed by atoms with Crippen LogP contribution in [0.5, 0.6) is 0 Å². The summed E-state index contributed by atoms with van der Waals surface area (Å²) < 4.78 is 99.4. The lowest BCUT2D eigenvalue weighted by Gasteiger charge is -2.13. The standard InChI is InChI=1S/C42H26S/c1-2-13-35-33(11-1)34-12-3-4-14-36(34)39-26-31(23-24-37(35)39)30-10-7-9-29(25-30)27-19-21-28(22-20-27)32-16-8-18-41-42(32)38-15-5-6-17-40(38)43-41/h1-26H/i1D,2D,3D,4D,11D,12D,13D,14D,23D,24D,26D. The lowest BCUT2D eigenvalue weighted by atomic mass is 9.91. The molecule has 8 aromatic carbocycles. The Balaban J connectivity index is 1.27. The van der Waals surface area contributed by atoms with Crippen LogP contribution in [0.4, 0.5) is 0 Å². The summed E-state index contributed by atoms with van der Waals surface area (Å²) in [5.41, 5.74) is 4.37. The Morgan fingerprint density at radius 3 is 1.72 bits per heavy atom. The first-order valence-corrected chi connectivity index (χ1v) is 14.7. The van der Waals surface area contributed by atoms with Crippen molar-refractivity contribution in [1.29, 1.82) is 0 Å². The molecule has 0 spiro atoms. The Hall–Kier alpha value is -5.24. The zero-order valence-electron chi connectivity index (χ0n) is 33.6. The van der Waals surface area contributed by atoms with Gasteiger partial charge in [0.15, 0.2) is 0 Å². The normalized spacial score (nSPS) is 15.3. The fraction of sp³-hybridized carbons (Fsp3) is 0. The van der Waals surface area contributed by atoms with E-state index in [9.17, 15) is 4.11 Å². The van der Waals surface area contributed by atoms with Gasteiger partial charge in [0.2, 0.25) is 0 Å². The molecule has 0 saturated carbocycles. The third kappa shape index (κ3) is 3.90.